The van der Waals surface area contributed by atoms with E-state index >= 15 is 0 Å². The summed E-state index contributed by atoms with van der Waals surface area (Å²) in [6.45, 7) is 0.358. The molecule has 0 bridgehead atoms. The third-order valence-corrected chi connectivity index (χ3v) is 9.04. The van der Waals surface area contributed by atoms with Gasteiger partial charge in [-0.3, -0.25) is 28.8 Å². The Morgan fingerprint density at radius 1 is 0.926 bits per heavy atom. The summed E-state index contributed by atoms with van der Waals surface area (Å²) in [5, 5.41) is 11.3. The van der Waals surface area contributed by atoms with Crippen LogP contribution in [0.15, 0.2) is 119 Å². The number of phosphoric acid groups is 1. The first-order valence-electron chi connectivity index (χ1n) is 16.3. The first-order valence-corrected chi connectivity index (χ1v) is 17.7. The van der Waals surface area contributed by atoms with Crippen molar-refractivity contribution in [3.05, 3.63) is 147 Å². The molecule has 5 rings (SSSR count). The number of nitrogens with one attached hydrogen (secondary N) is 2. The van der Waals surface area contributed by atoms with Gasteiger partial charge in [0.05, 0.1) is 24.3 Å². The van der Waals surface area contributed by atoms with Crippen molar-refractivity contribution in [2.24, 2.45) is 0 Å². The highest BCUT2D eigenvalue weighted by Gasteiger charge is 2.53. The van der Waals surface area contributed by atoms with Crippen molar-refractivity contribution in [2.45, 2.75) is 38.1 Å². The number of carbonyl (C=O) groups is 2. The van der Waals surface area contributed by atoms with E-state index in [1.807, 2.05) is 0 Å². The summed E-state index contributed by atoms with van der Waals surface area (Å²) in [6, 6.07) is 23.0. The smallest absolute Gasteiger partial charge is 0.512 e. The number of benzene rings is 3. The molecule has 0 saturated carbocycles. The summed E-state index contributed by atoms with van der Waals surface area (Å²) in [4.78, 5) is 58.7. The van der Waals surface area contributed by atoms with E-state index in [-0.39, 0.29) is 35.8 Å². The van der Waals surface area contributed by atoms with Crippen molar-refractivity contribution in [3.63, 3.8) is 0 Å². The molecule has 1 saturated heterocycles. The van der Waals surface area contributed by atoms with Crippen LogP contribution in [0.25, 0.3) is 0 Å². The van der Waals surface area contributed by atoms with E-state index in [2.05, 4.69) is 10.4 Å². The molecule has 3 aromatic carbocycles. The molecule has 0 aliphatic carbocycles. The Morgan fingerprint density at radius 3 is 2.22 bits per heavy atom. The molecule has 5 atom stereocenters. The minimum atomic E-state index is -4.81. The number of nitrogens with zero attached hydrogens (tertiary/aromatic N) is 1. The van der Waals surface area contributed by atoms with Crippen LogP contribution < -0.4 is 21.2 Å². The largest absolute Gasteiger partial charge is 0.530 e. The molecule has 2 heterocycles. The number of aromatic amines is 1. The van der Waals surface area contributed by atoms with Crippen molar-refractivity contribution in [1.29, 1.82) is 0 Å². The SMILES string of the molecule is [B]NOCc1ccc(OP(=O)(OCCO/C(C)=C/O)OC2C(COC(=O)c3ccccc3)OC(n3ccc(=O)[nH]c3=O)C2OC(=O)c2ccccc2)cc1. The Hall–Kier alpha value is -5.49. The highest BCUT2D eigenvalue weighted by atomic mass is 31.2. The van der Waals surface area contributed by atoms with Crippen molar-refractivity contribution < 1.29 is 56.6 Å². The molecule has 1 aromatic heterocycles. The minimum Gasteiger partial charge on any atom is -0.512 e. The van der Waals surface area contributed by atoms with E-state index in [4.69, 9.17) is 45.3 Å². The van der Waals surface area contributed by atoms with E-state index in [1.165, 1.54) is 43.3 Å². The first-order chi connectivity index (χ1) is 26.1. The summed E-state index contributed by atoms with van der Waals surface area (Å²) in [6.07, 6.45) is -4.33. The van der Waals surface area contributed by atoms with E-state index in [9.17, 15) is 28.8 Å². The molecule has 0 spiro atoms. The van der Waals surface area contributed by atoms with Crippen LogP contribution in [0, 0.1) is 0 Å². The Kier molecular flexibility index (Phi) is 14.0. The lowest BCUT2D eigenvalue weighted by molar-refractivity contribution is -0.0636. The molecule has 5 unspecified atom stereocenters. The van der Waals surface area contributed by atoms with Crippen molar-refractivity contribution in [3.8, 4) is 5.75 Å². The molecule has 17 nitrogen and oxygen atoms in total. The van der Waals surface area contributed by atoms with Crippen LogP contribution in [-0.2, 0) is 44.0 Å². The van der Waals surface area contributed by atoms with Gasteiger partial charge < -0.3 is 33.4 Å². The van der Waals surface area contributed by atoms with Crippen LogP contribution >= 0.6 is 7.82 Å². The van der Waals surface area contributed by atoms with Gasteiger partial charge in [-0.25, -0.2) is 18.9 Å². The number of H-pyrrole nitrogens is 1. The summed E-state index contributed by atoms with van der Waals surface area (Å²) < 4.78 is 56.1. The number of hydrogen-bond donors (Lipinski definition) is 3. The second kappa shape index (κ2) is 19.0. The molecule has 54 heavy (non-hydrogen) atoms. The Morgan fingerprint density at radius 2 is 1.59 bits per heavy atom. The van der Waals surface area contributed by atoms with Gasteiger partial charge in [0.1, 0.15) is 43.2 Å². The molecule has 1 aliphatic heterocycles. The minimum absolute atomic E-state index is 0.00680. The number of aliphatic hydroxyl groups excluding tert-OH is 1. The molecule has 1 aliphatic rings. The van der Waals surface area contributed by atoms with Gasteiger partial charge in [-0.1, -0.05) is 48.5 Å². The van der Waals surface area contributed by atoms with Crippen LogP contribution in [0.5, 0.6) is 5.75 Å². The van der Waals surface area contributed by atoms with Crippen molar-refractivity contribution in [1.82, 2.24) is 14.9 Å². The van der Waals surface area contributed by atoms with Gasteiger partial charge in [0.2, 0.25) is 7.98 Å². The van der Waals surface area contributed by atoms with E-state index in [1.54, 1.807) is 48.5 Å². The second-order valence-electron chi connectivity index (χ2n) is 11.4. The summed E-state index contributed by atoms with van der Waals surface area (Å²) >= 11 is 0. The zero-order chi connectivity index (χ0) is 38.5. The fourth-order valence-corrected chi connectivity index (χ4v) is 6.43. The van der Waals surface area contributed by atoms with Gasteiger partial charge in [0.25, 0.3) is 5.56 Å². The summed E-state index contributed by atoms with van der Waals surface area (Å²) in [7, 11) is 0.359. The van der Waals surface area contributed by atoms with Gasteiger partial charge in [-0.05, 0) is 48.9 Å². The molecule has 3 N–H and O–H groups in total. The Bertz CT molecular complexity index is 2050. The maximum atomic E-state index is 14.6. The summed E-state index contributed by atoms with van der Waals surface area (Å²) in [5.74, 6) is -1.50. The lowest BCUT2D eigenvalue weighted by atomic mass is 10.1. The quantitative estimate of drug-likeness (QED) is 0.0330. The zero-order valence-corrected chi connectivity index (χ0v) is 29.6. The van der Waals surface area contributed by atoms with Crippen LogP contribution in [0.4, 0.5) is 0 Å². The topological polar surface area (TPSA) is 212 Å². The number of allylic oxidation sites excluding steroid dienone is 1. The fourth-order valence-electron chi connectivity index (χ4n) is 5.04. The molecule has 282 valence electrons. The van der Waals surface area contributed by atoms with Crippen molar-refractivity contribution >= 4 is 27.7 Å². The third-order valence-electron chi connectivity index (χ3n) is 7.61. The van der Waals surface area contributed by atoms with Crippen LogP contribution in [0.2, 0.25) is 0 Å². The lowest BCUT2D eigenvalue weighted by Gasteiger charge is -2.28. The highest BCUT2D eigenvalue weighted by Crippen LogP contribution is 2.53. The predicted octanol–water partition coefficient (Wildman–Crippen LogP) is 3.65. The maximum absolute atomic E-state index is 14.6. The number of ether oxygens (including phenoxy) is 4. The predicted molar refractivity (Wildman–Crippen MR) is 189 cm³/mol. The Balaban J connectivity index is 1.53. The monoisotopic (exact) mass is 763 g/mol. The molecule has 1 fully saturated rings. The standard InChI is InChI=1S/C35H35BN3O14P/c1-23(20-40)46-18-19-49-54(45,52-27-14-12-24(13-15-27)21-48-38-36)53-30-28(22-47-33(42)25-8-4-2-5-9-25)50-32(39-17-16-29(41)37-35(39)44)31(30)51-34(43)26-10-6-3-7-11-26/h2-17,20,28,30-32,38,40H,18-19,21-22H2,1H3,(H,37,41,44)/b23-20+. The number of carbonyl (C=O) groups excluding carboxylic acids is 2. The van der Waals surface area contributed by atoms with Crippen molar-refractivity contribution in [2.75, 3.05) is 19.8 Å². The number of esters is 2. The van der Waals surface area contributed by atoms with Gasteiger partial charge in [-0.15, -0.1) is 0 Å². The van der Waals surface area contributed by atoms with E-state index in [0.29, 0.717) is 5.56 Å². The first kappa shape index (κ1) is 39.7. The van der Waals surface area contributed by atoms with Gasteiger partial charge in [0.15, 0.2) is 12.3 Å². The van der Waals surface area contributed by atoms with E-state index < -0.39 is 68.8 Å². The normalized spacial score (nSPS) is 19.4. The maximum Gasteiger partial charge on any atom is 0.530 e. The summed E-state index contributed by atoms with van der Waals surface area (Å²) in [5.41, 5.74) is -0.693. The number of aromatic nitrogens is 2. The highest BCUT2D eigenvalue weighted by molar-refractivity contribution is 7.49. The number of rotatable bonds is 18. The molecular formula is C35H35BN3O14P. The third kappa shape index (κ3) is 10.8. The van der Waals surface area contributed by atoms with Gasteiger partial charge >= 0.3 is 25.5 Å². The molecule has 4 aromatic rings. The van der Waals surface area contributed by atoms with Crippen LogP contribution in [0.1, 0.15) is 39.4 Å². The number of hydrogen-bond acceptors (Lipinski definition) is 15. The van der Waals surface area contributed by atoms with Gasteiger partial charge in [-0.2, -0.15) is 0 Å². The number of aliphatic hydroxyl groups is 1. The van der Waals surface area contributed by atoms with Crippen LogP contribution in [-0.4, -0.2) is 72.7 Å². The van der Waals surface area contributed by atoms with Crippen LogP contribution in [0.3, 0.4) is 0 Å². The number of phosphoric ester groups is 1. The fraction of sp³-hybridized carbons (Fsp3) is 0.257. The molecule has 19 heteroatoms. The molecular weight excluding hydrogens is 728 g/mol. The average molecular weight is 763 g/mol. The van der Waals surface area contributed by atoms with Gasteiger partial charge in [0, 0.05) is 12.3 Å². The lowest BCUT2D eigenvalue weighted by Crippen LogP contribution is -2.42. The second-order valence-corrected chi connectivity index (χ2v) is 12.9. The molecule has 0 amide bonds. The zero-order valence-electron chi connectivity index (χ0n) is 28.7. The van der Waals surface area contributed by atoms with E-state index in [0.717, 1.165) is 23.1 Å². The average Bonchev–Trinajstić information content (AvgIpc) is 3.50. The molecule has 2 radical (unpaired) electrons. The Labute approximate surface area is 309 Å².